The molecule has 0 saturated heterocycles. The molecule has 0 aliphatic carbocycles. The van der Waals surface area contributed by atoms with Gasteiger partial charge in [0.2, 0.25) is 10.0 Å². The van der Waals surface area contributed by atoms with Gasteiger partial charge >= 0.3 is 0 Å². The molecule has 10 heteroatoms. The lowest BCUT2D eigenvalue weighted by molar-refractivity contribution is 0.582. The highest BCUT2D eigenvalue weighted by atomic mass is 32.2. The second-order valence-corrected chi connectivity index (χ2v) is 8.20. The third-order valence-electron chi connectivity index (χ3n) is 4.03. The highest BCUT2D eigenvalue weighted by Crippen LogP contribution is 2.17. The molecule has 1 aromatic carbocycles. The number of hydrogen-bond acceptors (Lipinski definition) is 8. The molecule has 0 radical (unpaired) electrons. The van der Waals surface area contributed by atoms with Gasteiger partial charge in [-0.3, -0.25) is 0 Å². The number of hydrogen-bond donors (Lipinski definition) is 3. The monoisotopic (exact) mass is 423 g/mol. The molecule has 3 aromatic rings. The van der Waals surface area contributed by atoms with Gasteiger partial charge in [-0.1, -0.05) is 12.1 Å². The normalized spacial score (nSPS) is 11.0. The van der Waals surface area contributed by atoms with E-state index >= 15 is 0 Å². The Morgan fingerprint density at radius 2 is 1.77 bits per heavy atom. The first kappa shape index (κ1) is 21.2. The van der Waals surface area contributed by atoms with E-state index in [9.17, 15) is 8.42 Å². The number of nitrogens with zero attached hydrogens (tertiary/aromatic N) is 4. The van der Waals surface area contributed by atoms with Gasteiger partial charge in [-0.25, -0.2) is 28.1 Å². The Balaban J connectivity index is 1.61. The fourth-order valence-corrected chi connectivity index (χ4v) is 3.89. The van der Waals surface area contributed by atoms with E-state index in [1.54, 1.807) is 31.3 Å². The predicted octanol–water partition coefficient (Wildman–Crippen LogP) is 2.49. The summed E-state index contributed by atoms with van der Waals surface area (Å²) < 4.78 is 27.3. The van der Waals surface area contributed by atoms with Crippen molar-refractivity contribution >= 4 is 27.5 Å². The topological polar surface area (TPSA) is 133 Å². The van der Waals surface area contributed by atoms with E-state index in [0.29, 0.717) is 29.8 Å². The van der Waals surface area contributed by atoms with Gasteiger partial charge in [0.25, 0.3) is 0 Å². The maximum Gasteiger partial charge on any atom is 0.241 e. The molecule has 0 unspecified atom stereocenters. The molecule has 0 saturated carbocycles. The predicted molar refractivity (Wildman–Crippen MR) is 114 cm³/mol. The summed E-state index contributed by atoms with van der Waals surface area (Å²) in [6, 6.07) is 13.5. The molecular formula is C20H21N7O2S. The fraction of sp³-hybridized carbons (Fsp3) is 0.200. The molecule has 154 valence electrons. The highest BCUT2D eigenvalue weighted by molar-refractivity contribution is 7.89. The number of rotatable bonds is 8. The molecule has 0 aliphatic heterocycles. The van der Waals surface area contributed by atoms with Crippen molar-refractivity contribution in [3.8, 4) is 6.07 Å². The standard InChI is InChI=1S/C20H21N7O2S/c1-14-7-8-22-18(11-14)27-20-12-19(25-15(2)26-20)23-9-10-24-30(28,29)17-6-4-3-5-16(17)13-21/h3-8,11-12,24H,9-10H2,1-2H3,(H2,22,23,25,26,27). The van der Waals surface area contributed by atoms with Crippen LogP contribution in [-0.4, -0.2) is 36.5 Å². The van der Waals surface area contributed by atoms with E-state index in [4.69, 9.17) is 5.26 Å². The van der Waals surface area contributed by atoms with Crippen molar-refractivity contribution in [1.29, 1.82) is 5.26 Å². The summed E-state index contributed by atoms with van der Waals surface area (Å²) in [7, 11) is -3.78. The van der Waals surface area contributed by atoms with Crippen molar-refractivity contribution in [2.75, 3.05) is 23.7 Å². The summed E-state index contributed by atoms with van der Waals surface area (Å²) in [5.41, 5.74) is 1.17. The van der Waals surface area contributed by atoms with Crippen LogP contribution < -0.4 is 15.4 Å². The summed E-state index contributed by atoms with van der Waals surface area (Å²) in [6.45, 7) is 4.16. The van der Waals surface area contributed by atoms with Crippen LogP contribution in [-0.2, 0) is 10.0 Å². The SMILES string of the molecule is Cc1ccnc(Nc2cc(NCCNS(=O)(=O)c3ccccc3C#N)nc(C)n2)c1. The lowest BCUT2D eigenvalue weighted by atomic mass is 10.2. The van der Waals surface area contributed by atoms with Gasteiger partial charge in [-0.2, -0.15) is 5.26 Å². The number of sulfonamides is 1. The van der Waals surface area contributed by atoms with Crippen LogP contribution in [0.15, 0.2) is 53.6 Å². The number of nitrogens with one attached hydrogen (secondary N) is 3. The van der Waals surface area contributed by atoms with Gasteiger partial charge < -0.3 is 10.6 Å². The Labute approximate surface area is 175 Å². The fourth-order valence-electron chi connectivity index (χ4n) is 2.71. The zero-order valence-electron chi connectivity index (χ0n) is 16.5. The Hall–Kier alpha value is -3.55. The summed E-state index contributed by atoms with van der Waals surface area (Å²) in [5, 5.41) is 15.3. The average Bonchev–Trinajstić information content (AvgIpc) is 2.71. The van der Waals surface area contributed by atoms with E-state index in [0.717, 1.165) is 5.56 Å². The van der Waals surface area contributed by atoms with E-state index in [1.807, 2.05) is 25.1 Å². The van der Waals surface area contributed by atoms with Gasteiger partial charge in [-0.05, 0) is 43.7 Å². The van der Waals surface area contributed by atoms with Crippen LogP contribution in [0.25, 0.3) is 0 Å². The van der Waals surface area contributed by atoms with Crippen LogP contribution >= 0.6 is 0 Å². The van der Waals surface area contributed by atoms with Gasteiger partial charge in [0.15, 0.2) is 0 Å². The molecule has 0 fully saturated rings. The smallest absolute Gasteiger partial charge is 0.241 e. The van der Waals surface area contributed by atoms with E-state index < -0.39 is 10.0 Å². The van der Waals surface area contributed by atoms with Crippen LogP contribution in [0.4, 0.5) is 17.5 Å². The Morgan fingerprint density at radius 3 is 2.53 bits per heavy atom. The molecule has 0 spiro atoms. The van der Waals surface area contributed by atoms with Crippen LogP contribution in [0.3, 0.4) is 0 Å². The second kappa shape index (κ2) is 9.30. The molecule has 0 bridgehead atoms. The third-order valence-corrected chi connectivity index (χ3v) is 5.55. The summed E-state index contributed by atoms with van der Waals surface area (Å²) in [4.78, 5) is 12.9. The maximum absolute atomic E-state index is 12.4. The minimum atomic E-state index is -3.78. The van der Waals surface area contributed by atoms with E-state index in [-0.39, 0.29) is 17.0 Å². The minimum absolute atomic E-state index is 0.0393. The van der Waals surface area contributed by atoms with Gasteiger partial charge in [0.05, 0.1) is 10.5 Å². The van der Waals surface area contributed by atoms with E-state index in [2.05, 4.69) is 30.3 Å². The quantitative estimate of drug-likeness (QED) is 0.471. The first-order valence-electron chi connectivity index (χ1n) is 9.15. The lowest BCUT2D eigenvalue weighted by Crippen LogP contribution is -2.29. The third kappa shape index (κ3) is 5.50. The average molecular weight is 424 g/mol. The van der Waals surface area contributed by atoms with Crippen LogP contribution in [0.1, 0.15) is 17.0 Å². The van der Waals surface area contributed by atoms with Crippen molar-refractivity contribution in [2.45, 2.75) is 18.7 Å². The van der Waals surface area contributed by atoms with Crippen molar-refractivity contribution < 1.29 is 8.42 Å². The van der Waals surface area contributed by atoms with Crippen molar-refractivity contribution in [3.05, 3.63) is 65.6 Å². The van der Waals surface area contributed by atoms with Crippen LogP contribution in [0, 0.1) is 25.2 Å². The van der Waals surface area contributed by atoms with Crippen molar-refractivity contribution in [1.82, 2.24) is 19.7 Å². The molecule has 2 aromatic heterocycles. The molecule has 3 N–H and O–H groups in total. The number of aryl methyl sites for hydroxylation is 2. The molecule has 0 amide bonds. The summed E-state index contributed by atoms with van der Waals surface area (Å²) in [5.74, 6) is 2.35. The van der Waals surface area contributed by atoms with E-state index in [1.165, 1.54) is 12.1 Å². The molecule has 3 rings (SSSR count). The van der Waals surface area contributed by atoms with Gasteiger partial charge in [-0.15, -0.1) is 0 Å². The zero-order valence-corrected chi connectivity index (χ0v) is 17.4. The van der Waals surface area contributed by atoms with Gasteiger partial charge in [0, 0.05) is 25.4 Å². The first-order chi connectivity index (χ1) is 14.4. The number of aromatic nitrogens is 3. The lowest BCUT2D eigenvalue weighted by Gasteiger charge is -2.11. The second-order valence-electron chi connectivity index (χ2n) is 6.46. The Morgan fingerprint density at radius 1 is 1.00 bits per heavy atom. The zero-order chi connectivity index (χ0) is 21.6. The molecule has 0 atom stereocenters. The summed E-state index contributed by atoms with van der Waals surface area (Å²) in [6.07, 6.45) is 1.71. The number of nitriles is 1. The van der Waals surface area contributed by atoms with Crippen molar-refractivity contribution in [3.63, 3.8) is 0 Å². The molecule has 0 aliphatic rings. The number of anilines is 3. The Bertz CT molecular complexity index is 1190. The number of pyridine rings is 1. The molecule has 30 heavy (non-hydrogen) atoms. The largest absolute Gasteiger partial charge is 0.369 e. The minimum Gasteiger partial charge on any atom is -0.369 e. The van der Waals surface area contributed by atoms with Crippen molar-refractivity contribution in [2.24, 2.45) is 0 Å². The first-order valence-corrected chi connectivity index (χ1v) is 10.6. The van der Waals surface area contributed by atoms with Crippen LogP contribution in [0.2, 0.25) is 0 Å². The maximum atomic E-state index is 12.4. The van der Waals surface area contributed by atoms with Crippen LogP contribution in [0.5, 0.6) is 0 Å². The highest BCUT2D eigenvalue weighted by Gasteiger charge is 2.17. The van der Waals surface area contributed by atoms with Gasteiger partial charge in [0.1, 0.15) is 29.3 Å². The molecule has 2 heterocycles. The molecular weight excluding hydrogens is 402 g/mol. The summed E-state index contributed by atoms with van der Waals surface area (Å²) >= 11 is 0. The molecule has 9 nitrogen and oxygen atoms in total. The Kier molecular flexibility index (Phi) is 6.56. The number of benzene rings is 1.